The molecule has 0 saturated carbocycles. The number of alkyl halides is 1. The summed E-state index contributed by atoms with van der Waals surface area (Å²) in [5, 5.41) is 44.8. The van der Waals surface area contributed by atoms with E-state index in [-0.39, 0.29) is 39.5 Å². The van der Waals surface area contributed by atoms with Crippen LogP contribution in [0.3, 0.4) is 0 Å². The molecule has 3 amide bonds. The number of aliphatic hydroxyl groups excluding tert-OH is 4. The molecule has 0 spiro atoms. The molecule has 0 radical (unpaired) electrons. The Balaban J connectivity index is 3.55. The summed E-state index contributed by atoms with van der Waals surface area (Å²) in [6.07, 6.45) is 0. The first kappa shape index (κ1) is 30.2. The molecule has 0 saturated heterocycles. The Morgan fingerprint density at radius 1 is 0.909 bits per heavy atom. The molecule has 0 heterocycles. The average molecular weight is 714 g/mol. The van der Waals surface area contributed by atoms with Gasteiger partial charge in [0.25, 0.3) is 11.8 Å². The van der Waals surface area contributed by atoms with Crippen molar-refractivity contribution in [3.63, 3.8) is 0 Å². The summed E-state index contributed by atoms with van der Waals surface area (Å²) < 4.78 is 5.69. The molecular formula is C19H26ClI2N3O8. The van der Waals surface area contributed by atoms with Gasteiger partial charge in [-0.05, 0) is 57.7 Å². The summed E-state index contributed by atoms with van der Waals surface area (Å²) in [6, 6.07) is -1.86. The van der Waals surface area contributed by atoms with E-state index in [0.717, 1.165) is 0 Å². The molecule has 7 N–H and O–H groups in total. The Morgan fingerprint density at radius 3 is 1.85 bits per heavy atom. The lowest BCUT2D eigenvalue weighted by atomic mass is 10.0. The minimum Gasteiger partial charge on any atom is -0.394 e. The van der Waals surface area contributed by atoms with Crippen molar-refractivity contribution in [1.82, 2.24) is 10.6 Å². The van der Waals surface area contributed by atoms with Gasteiger partial charge in [-0.1, -0.05) is 0 Å². The molecule has 0 aliphatic rings. The smallest absolute Gasteiger partial charge is 0.253 e. The Kier molecular flexibility index (Phi) is 13.9. The average Bonchev–Trinajstić information content (AvgIpc) is 2.78. The lowest BCUT2D eigenvalue weighted by molar-refractivity contribution is -0.120. The van der Waals surface area contributed by atoms with Crippen molar-refractivity contribution in [1.29, 1.82) is 0 Å². The van der Waals surface area contributed by atoms with E-state index in [2.05, 4.69) is 16.0 Å². The van der Waals surface area contributed by atoms with Crippen molar-refractivity contribution in [2.24, 2.45) is 0 Å². The highest BCUT2D eigenvalue weighted by Crippen LogP contribution is 2.34. The van der Waals surface area contributed by atoms with Gasteiger partial charge in [0.15, 0.2) is 0 Å². The van der Waals surface area contributed by atoms with Crippen LogP contribution in [0.15, 0.2) is 0 Å². The van der Waals surface area contributed by atoms with Gasteiger partial charge < -0.3 is 41.1 Å². The quantitative estimate of drug-likeness (QED) is 0.0818. The first-order valence-electron chi connectivity index (χ1n) is 9.66. The number of rotatable bonds is 13. The normalized spacial score (nSPS) is 11.1. The number of hydrogen-bond donors (Lipinski definition) is 7. The molecular weight excluding hydrogens is 687 g/mol. The number of carbonyl (C=O) groups is 3. The number of aliphatic hydroxyl groups is 4. The molecule has 0 aliphatic carbocycles. The van der Waals surface area contributed by atoms with Crippen LogP contribution in [0, 0.1) is 14.1 Å². The van der Waals surface area contributed by atoms with E-state index in [4.69, 9.17) is 16.3 Å². The third-order valence-electron chi connectivity index (χ3n) is 4.35. The first-order chi connectivity index (χ1) is 15.7. The molecule has 1 aromatic rings. The Hall–Kier alpha value is -0.820. The molecule has 0 fully saturated rings. The second-order valence-electron chi connectivity index (χ2n) is 6.74. The predicted octanol–water partition coefficient (Wildman–Crippen LogP) is -0.436. The van der Waals surface area contributed by atoms with Crippen molar-refractivity contribution in [3.05, 3.63) is 23.8 Å². The summed E-state index contributed by atoms with van der Waals surface area (Å²) >= 11 is 9.21. The van der Waals surface area contributed by atoms with Crippen LogP contribution in [-0.2, 0) is 9.53 Å². The number of halogens is 3. The molecule has 14 heteroatoms. The van der Waals surface area contributed by atoms with Crippen LogP contribution in [0.5, 0.6) is 0 Å². The fourth-order valence-corrected chi connectivity index (χ4v) is 5.47. The minimum atomic E-state index is -0.933. The molecule has 33 heavy (non-hydrogen) atoms. The molecule has 0 atom stereocenters. The van der Waals surface area contributed by atoms with Crippen molar-refractivity contribution in [3.8, 4) is 0 Å². The number of hydrogen-bond acceptors (Lipinski definition) is 8. The molecule has 11 nitrogen and oxygen atoms in total. The van der Waals surface area contributed by atoms with Crippen LogP contribution >= 0.6 is 56.8 Å². The van der Waals surface area contributed by atoms with Gasteiger partial charge in [-0.3, -0.25) is 14.4 Å². The van der Waals surface area contributed by atoms with Crippen LogP contribution in [0.2, 0.25) is 0 Å². The number of benzene rings is 1. The van der Waals surface area contributed by atoms with Crippen LogP contribution in [0.1, 0.15) is 26.3 Å². The molecule has 0 aliphatic heterocycles. The van der Waals surface area contributed by atoms with E-state index in [1.807, 2.05) is 45.2 Å². The molecule has 1 aromatic carbocycles. The number of ether oxygens (including phenoxy) is 1. The van der Waals surface area contributed by atoms with Gasteiger partial charge in [0.2, 0.25) is 5.91 Å². The Bertz CT molecular complexity index is 798. The van der Waals surface area contributed by atoms with Crippen LogP contribution in [0.25, 0.3) is 0 Å². The zero-order chi connectivity index (χ0) is 25.1. The fraction of sp³-hybridized carbons (Fsp3) is 0.526. The van der Waals surface area contributed by atoms with Crippen LogP contribution in [-0.4, -0.2) is 95.8 Å². The third kappa shape index (κ3) is 8.41. The maximum absolute atomic E-state index is 13.0. The van der Waals surface area contributed by atoms with Gasteiger partial charge in [0, 0.05) is 9.45 Å². The molecule has 0 aromatic heterocycles. The second kappa shape index (κ2) is 15.2. The minimum absolute atomic E-state index is 0.0420. The van der Waals surface area contributed by atoms with E-state index in [9.17, 15) is 34.8 Å². The van der Waals surface area contributed by atoms with Crippen molar-refractivity contribution >= 4 is 80.2 Å². The molecule has 0 unspecified atom stereocenters. The number of amides is 3. The van der Waals surface area contributed by atoms with Gasteiger partial charge in [0.1, 0.15) is 6.61 Å². The first-order valence-corrected chi connectivity index (χ1v) is 12.4. The molecule has 186 valence electrons. The Labute approximate surface area is 222 Å². The monoisotopic (exact) mass is 713 g/mol. The zero-order valence-electron chi connectivity index (χ0n) is 17.7. The van der Waals surface area contributed by atoms with Crippen LogP contribution < -0.4 is 16.0 Å². The van der Waals surface area contributed by atoms with E-state index in [0.29, 0.717) is 9.13 Å². The van der Waals surface area contributed by atoms with Gasteiger partial charge in [0.05, 0.1) is 65.5 Å². The topological polar surface area (TPSA) is 177 Å². The van der Waals surface area contributed by atoms with Gasteiger partial charge >= 0.3 is 0 Å². The molecule has 0 bridgehead atoms. The highest BCUT2D eigenvalue weighted by molar-refractivity contribution is 14.1. The van der Waals surface area contributed by atoms with Crippen molar-refractivity contribution in [2.45, 2.75) is 19.0 Å². The van der Waals surface area contributed by atoms with E-state index in [1.54, 1.807) is 6.92 Å². The number of nitrogens with one attached hydrogen (secondary N) is 3. The van der Waals surface area contributed by atoms with E-state index < -0.39 is 56.2 Å². The summed E-state index contributed by atoms with van der Waals surface area (Å²) in [6.45, 7) is -0.599. The van der Waals surface area contributed by atoms with Gasteiger partial charge in [-0.2, -0.15) is 0 Å². The zero-order valence-corrected chi connectivity index (χ0v) is 22.7. The lowest BCUT2D eigenvalue weighted by Gasteiger charge is -2.22. The van der Waals surface area contributed by atoms with Crippen molar-refractivity contribution in [2.75, 3.05) is 50.8 Å². The Morgan fingerprint density at radius 2 is 1.39 bits per heavy atom. The van der Waals surface area contributed by atoms with E-state index in [1.165, 1.54) is 0 Å². The molecule has 1 rings (SSSR count). The van der Waals surface area contributed by atoms with E-state index >= 15 is 0 Å². The summed E-state index contributed by atoms with van der Waals surface area (Å²) in [5.41, 5.74) is 0.633. The summed E-state index contributed by atoms with van der Waals surface area (Å²) in [4.78, 5) is 38.3. The fourth-order valence-electron chi connectivity index (χ4n) is 2.63. The SMILES string of the molecule is Cc1c(NC(=O)COCCCl)c(I)c(C(=O)NC(CO)CO)c(I)c1C(=O)NC(CO)CO. The lowest BCUT2D eigenvalue weighted by Crippen LogP contribution is -2.42. The maximum atomic E-state index is 13.0. The highest BCUT2D eigenvalue weighted by atomic mass is 127. The van der Waals surface area contributed by atoms with Gasteiger partial charge in [-0.15, -0.1) is 11.6 Å². The largest absolute Gasteiger partial charge is 0.394 e. The summed E-state index contributed by atoms with van der Waals surface area (Å²) in [7, 11) is 0. The highest BCUT2D eigenvalue weighted by Gasteiger charge is 2.29. The maximum Gasteiger partial charge on any atom is 0.253 e. The predicted molar refractivity (Wildman–Crippen MR) is 138 cm³/mol. The number of anilines is 1. The summed E-state index contributed by atoms with van der Waals surface area (Å²) in [5.74, 6) is -1.69. The van der Waals surface area contributed by atoms with Crippen LogP contribution in [0.4, 0.5) is 5.69 Å². The number of carbonyl (C=O) groups excluding carboxylic acids is 3. The van der Waals surface area contributed by atoms with Crippen molar-refractivity contribution < 1.29 is 39.5 Å². The standard InChI is InChI=1S/C19H26ClI2N3O8/c1-9-13(18(31)23-10(4-26)5-27)15(21)14(19(32)24-11(6-28)7-29)16(22)17(9)25-12(30)8-33-3-2-20/h10-11,26-29H,2-8H2,1H3,(H,23,31)(H,24,32)(H,25,30). The van der Waals surface area contributed by atoms with Gasteiger partial charge in [-0.25, -0.2) is 0 Å². The third-order valence-corrected chi connectivity index (χ3v) is 6.66. The second-order valence-corrected chi connectivity index (χ2v) is 9.27.